The van der Waals surface area contributed by atoms with Crippen LogP contribution in [-0.4, -0.2) is 5.11 Å². The van der Waals surface area contributed by atoms with E-state index in [-0.39, 0.29) is 5.82 Å². The molecular formula is C18H17FO2. The van der Waals surface area contributed by atoms with E-state index >= 15 is 0 Å². The van der Waals surface area contributed by atoms with E-state index in [9.17, 15) is 9.50 Å². The van der Waals surface area contributed by atoms with Gasteiger partial charge in [-0.1, -0.05) is 25.0 Å². The first-order chi connectivity index (χ1) is 10.0. The summed E-state index contributed by atoms with van der Waals surface area (Å²) in [6.45, 7) is 3.59. The van der Waals surface area contributed by atoms with Crippen molar-refractivity contribution in [1.29, 1.82) is 0 Å². The number of hydrogen-bond acceptors (Lipinski definition) is 2. The minimum Gasteiger partial charge on any atom is -0.457 e. The monoisotopic (exact) mass is 284 g/mol. The summed E-state index contributed by atoms with van der Waals surface area (Å²) in [5.74, 6) is 6.57. The summed E-state index contributed by atoms with van der Waals surface area (Å²) in [5, 5.41) is 10.3. The van der Waals surface area contributed by atoms with Crippen LogP contribution in [0.3, 0.4) is 0 Å². The first kappa shape index (κ1) is 15.1. The molecule has 2 nitrogen and oxygen atoms in total. The molecule has 1 unspecified atom stereocenters. The average molecular weight is 284 g/mol. The average Bonchev–Trinajstić information content (AvgIpc) is 2.48. The molecule has 0 aliphatic heterocycles. The molecule has 0 amide bonds. The maximum Gasteiger partial charge on any atom is 0.148 e. The first-order valence-corrected chi connectivity index (χ1v) is 6.77. The summed E-state index contributed by atoms with van der Waals surface area (Å²) in [6, 6.07) is 12.8. The molecule has 0 bridgehead atoms. The van der Waals surface area contributed by atoms with Crippen molar-refractivity contribution in [3.05, 3.63) is 59.9 Å². The van der Waals surface area contributed by atoms with Crippen molar-refractivity contribution in [2.75, 3.05) is 0 Å². The molecule has 0 saturated carbocycles. The van der Waals surface area contributed by atoms with Crippen molar-refractivity contribution >= 4 is 0 Å². The van der Waals surface area contributed by atoms with Gasteiger partial charge >= 0.3 is 0 Å². The zero-order valence-corrected chi connectivity index (χ0v) is 12.1. The maximum atomic E-state index is 12.8. The van der Waals surface area contributed by atoms with Crippen LogP contribution in [0.1, 0.15) is 25.8 Å². The van der Waals surface area contributed by atoms with E-state index in [1.165, 1.54) is 12.1 Å². The molecule has 2 rings (SSSR count). The lowest BCUT2D eigenvalue weighted by atomic mass is 9.96. The van der Waals surface area contributed by atoms with Crippen LogP contribution in [0.15, 0.2) is 48.5 Å². The molecule has 108 valence electrons. The van der Waals surface area contributed by atoms with Gasteiger partial charge in [-0.15, -0.1) is 5.92 Å². The van der Waals surface area contributed by atoms with Gasteiger partial charge in [0, 0.05) is 6.42 Å². The number of halogens is 1. The largest absolute Gasteiger partial charge is 0.457 e. The molecule has 2 aromatic carbocycles. The molecule has 2 aromatic rings. The number of benzene rings is 2. The minimum atomic E-state index is -1.18. The van der Waals surface area contributed by atoms with Crippen LogP contribution in [-0.2, 0) is 5.60 Å². The fourth-order valence-electron chi connectivity index (χ4n) is 1.82. The van der Waals surface area contributed by atoms with Crippen molar-refractivity contribution in [1.82, 2.24) is 0 Å². The Balaban J connectivity index is 2.13. The van der Waals surface area contributed by atoms with Crippen LogP contribution in [0.4, 0.5) is 4.39 Å². The topological polar surface area (TPSA) is 29.5 Å². The third kappa shape index (κ3) is 4.08. The fraction of sp³-hybridized carbons (Fsp3) is 0.222. The standard InChI is InChI=1S/C18H17FO2/c1-3-4-13-18(2,20)14-5-9-16(10-6-14)21-17-11-7-15(19)8-12-17/h5-12,20H,3H2,1-2H3. The lowest BCUT2D eigenvalue weighted by molar-refractivity contribution is 0.122. The summed E-state index contributed by atoms with van der Waals surface area (Å²) < 4.78 is 18.4. The Morgan fingerprint density at radius 1 is 1.05 bits per heavy atom. The van der Waals surface area contributed by atoms with E-state index in [1.807, 2.05) is 6.92 Å². The highest BCUT2D eigenvalue weighted by atomic mass is 19.1. The van der Waals surface area contributed by atoms with Gasteiger partial charge in [0.1, 0.15) is 22.9 Å². The Bertz CT molecular complexity index is 646. The zero-order valence-electron chi connectivity index (χ0n) is 12.1. The normalized spacial score (nSPS) is 13.0. The molecule has 0 heterocycles. The van der Waals surface area contributed by atoms with E-state index in [4.69, 9.17) is 4.74 Å². The summed E-state index contributed by atoms with van der Waals surface area (Å²) in [5.41, 5.74) is -0.473. The van der Waals surface area contributed by atoms with E-state index < -0.39 is 5.60 Å². The predicted molar refractivity (Wildman–Crippen MR) is 80.6 cm³/mol. The number of aliphatic hydroxyl groups is 1. The predicted octanol–water partition coefficient (Wildman–Crippen LogP) is 4.24. The van der Waals surface area contributed by atoms with Crippen LogP contribution in [0.5, 0.6) is 11.5 Å². The van der Waals surface area contributed by atoms with E-state index in [2.05, 4.69) is 11.8 Å². The Kier molecular flexibility index (Phi) is 4.62. The summed E-state index contributed by atoms with van der Waals surface area (Å²) in [7, 11) is 0. The highest BCUT2D eigenvalue weighted by Gasteiger charge is 2.19. The van der Waals surface area contributed by atoms with Crippen molar-refractivity contribution in [2.24, 2.45) is 0 Å². The van der Waals surface area contributed by atoms with Crippen molar-refractivity contribution in [2.45, 2.75) is 25.9 Å². The number of rotatable bonds is 3. The Labute approximate surface area is 124 Å². The van der Waals surface area contributed by atoms with Gasteiger partial charge in [-0.25, -0.2) is 4.39 Å². The third-order valence-corrected chi connectivity index (χ3v) is 2.97. The van der Waals surface area contributed by atoms with Gasteiger partial charge in [0.25, 0.3) is 0 Å². The molecule has 0 aromatic heterocycles. The van der Waals surface area contributed by atoms with Gasteiger partial charge in [0.05, 0.1) is 0 Å². The van der Waals surface area contributed by atoms with Crippen LogP contribution in [0, 0.1) is 17.7 Å². The molecule has 0 saturated heterocycles. The van der Waals surface area contributed by atoms with Gasteiger partial charge in [-0.2, -0.15) is 0 Å². The summed E-state index contributed by atoms with van der Waals surface area (Å²) in [6.07, 6.45) is 0.696. The molecule has 0 fully saturated rings. The molecule has 0 aliphatic carbocycles. The van der Waals surface area contributed by atoms with E-state index in [0.717, 1.165) is 0 Å². The van der Waals surface area contributed by atoms with Gasteiger partial charge in [-0.3, -0.25) is 0 Å². The highest BCUT2D eigenvalue weighted by molar-refractivity contribution is 5.37. The van der Waals surface area contributed by atoms with Gasteiger partial charge < -0.3 is 9.84 Å². The Hall–Kier alpha value is -2.31. The number of hydrogen-bond donors (Lipinski definition) is 1. The molecule has 1 N–H and O–H groups in total. The lowest BCUT2D eigenvalue weighted by Gasteiger charge is -2.17. The summed E-state index contributed by atoms with van der Waals surface area (Å²) in [4.78, 5) is 0. The smallest absolute Gasteiger partial charge is 0.148 e. The van der Waals surface area contributed by atoms with Crippen LogP contribution in [0.25, 0.3) is 0 Å². The molecule has 1 atom stereocenters. The van der Waals surface area contributed by atoms with Gasteiger partial charge in [-0.05, 0) is 48.9 Å². The lowest BCUT2D eigenvalue weighted by Crippen LogP contribution is -2.18. The zero-order chi connectivity index (χ0) is 15.3. The molecule has 21 heavy (non-hydrogen) atoms. The Morgan fingerprint density at radius 2 is 1.57 bits per heavy atom. The maximum absolute atomic E-state index is 12.8. The molecule has 0 aliphatic rings. The van der Waals surface area contributed by atoms with Crippen LogP contribution in [0.2, 0.25) is 0 Å². The van der Waals surface area contributed by atoms with Crippen LogP contribution >= 0.6 is 0 Å². The number of ether oxygens (including phenoxy) is 1. The minimum absolute atomic E-state index is 0.303. The van der Waals surface area contributed by atoms with Gasteiger partial charge in [0.15, 0.2) is 0 Å². The Morgan fingerprint density at radius 3 is 2.10 bits per heavy atom. The molecular weight excluding hydrogens is 267 g/mol. The second-order valence-corrected chi connectivity index (χ2v) is 4.81. The third-order valence-electron chi connectivity index (χ3n) is 2.97. The van der Waals surface area contributed by atoms with E-state index in [1.54, 1.807) is 43.3 Å². The second-order valence-electron chi connectivity index (χ2n) is 4.81. The van der Waals surface area contributed by atoms with E-state index in [0.29, 0.717) is 23.5 Å². The highest BCUT2D eigenvalue weighted by Crippen LogP contribution is 2.25. The molecule has 3 heteroatoms. The SMILES string of the molecule is CCC#CC(C)(O)c1ccc(Oc2ccc(F)cc2)cc1. The first-order valence-electron chi connectivity index (χ1n) is 6.77. The van der Waals surface area contributed by atoms with Crippen molar-refractivity contribution in [3.8, 4) is 23.3 Å². The molecule has 0 spiro atoms. The molecule has 0 radical (unpaired) electrons. The van der Waals surface area contributed by atoms with Crippen molar-refractivity contribution < 1.29 is 14.2 Å². The van der Waals surface area contributed by atoms with Crippen LogP contribution < -0.4 is 4.74 Å². The summed E-state index contributed by atoms with van der Waals surface area (Å²) >= 11 is 0. The van der Waals surface area contributed by atoms with Crippen molar-refractivity contribution in [3.63, 3.8) is 0 Å². The van der Waals surface area contributed by atoms with Gasteiger partial charge in [0.2, 0.25) is 0 Å². The fourth-order valence-corrected chi connectivity index (χ4v) is 1.82. The second kappa shape index (κ2) is 6.43. The quantitative estimate of drug-likeness (QED) is 0.854.